The molecule has 312 valence electrons. The van der Waals surface area contributed by atoms with Crippen LogP contribution in [0.3, 0.4) is 0 Å². The summed E-state index contributed by atoms with van der Waals surface area (Å²) in [6.07, 6.45) is -10.5. The van der Waals surface area contributed by atoms with E-state index < -0.39 is 138 Å². The Hall–Kier alpha value is -5.17. The highest BCUT2D eigenvalue weighted by Crippen LogP contribution is 2.70. The number of rotatable bonds is 7. The van der Waals surface area contributed by atoms with E-state index in [9.17, 15) is 43.5 Å². The zero-order chi connectivity index (χ0) is 42.6. The molecule has 0 aromatic carbocycles. The number of carbonyl (C=O) groups is 8. The van der Waals surface area contributed by atoms with Crippen molar-refractivity contribution in [1.29, 1.82) is 0 Å². The van der Waals surface area contributed by atoms with Gasteiger partial charge in [-0.3, -0.25) is 38.5 Å². The van der Waals surface area contributed by atoms with Crippen LogP contribution in [0.2, 0.25) is 0 Å². The average molecular weight is 806 g/mol. The lowest BCUT2D eigenvalue weighted by atomic mass is 9.45. The second-order valence-corrected chi connectivity index (χ2v) is 15.3. The van der Waals surface area contributed by atoms with Gasteiger partial charge < -0.3 is 47.7 Å². The van der Waals surface area contributed by atoms with E-state index >= 15 is 0 Å². The molecule has 1 saturated heterocycles. The molecule has 5 rings (SSSR count). The first-order valence-corrected chi connectivity index (χ1v) is 18.2. The molecule has 0 amide bonds. The highest BCUT2D eigenvalue weighted by molar-refractivity contribution is 5.91. The topological polar surface area (TPSA) is 253 Å². The lowest BCUT2D eigenvalue weighted by Gasteiger charge is -2.67. The highest BCUT2D eigenvalue weighted by atomic mass is 16.7. The summed E-state index contributed by atoms with van der Waals surface area (Å²) in [6, 6.07) is 2.89. The van der Waals surface area contributed by atoms with Crippen LogP contribution in [-0.4, -0.2) is 124 Å². The Morgan fingerprint density at radius 3 is 1.84 bits per heavy atom. The van der Waals surface area contributed by atoms with Crippen LogP contribution in [0.1, 0.15) is 91.2 Å². The molecule has 1 N–H and O–H groups in total. The molecule has 0 unspecified atom stereocenters. The fraction of sp³-hybridized carbons (Fsp3) is 0.658. The van der Waals surface area contributed by atoms with Crippen molar-refractivity contribution < 1.29 is 86.1 Å². The van der Waals surface area contributed by atoms with Crippen LogP contribution in [0, 0.1) is 17.3 Å². The lowest BCUT2D eigenvalue weighted by molar-refractivity contribution is -0.387. The number of nitrogens with zero attached hydrogens (tertiary/aromatic N) is 1. The Balaban J connectivity index is 2.01. The molecule has 4 aliphatic rings. The molecule has 2 aliphatic heterocycles. The van der Waals surface area contributed by atoms with Crippen molar-refractivity contribution in [3.63, 3.8) is 0 Å². The van der Waals surface area contributed by atoms with Crippen molar-refractivity contribution in [2.45, 2.75) is 129 Å². The van der Waals surface area contributed by atoms with E-state index in [2.05, 4.69) is 4.98 Å². The fourth-order valence-electron chi connectivity index (χ4n) is 9.25. The highest BCUT2D eigenvalue weighted by Gasteiger charge is 2.92. The van der Waals surface area contributed by atoms with Crippen molar-refractivity contribution in [3.8, 4) is 0 Å². The molecule has 57 heavy (non-hydrogen) atoms. The zero-order valence-corrected chi connectivity index (χ0v) is 33.2. The van der Waals surface area contributed by atoms with Crippen molar-refractivity contribution >= 4 is 47.8 Å². The van der Waals surface area contributed by atoms with Gasteiger partial charge in [-0.05, 0) is 26.0 Å². The summed E-state index contributed by atoms with van der Waals surface area (Å²) in [4.78, 5) is 111. The monoisotopic (exact) mass is 805 g/mol. The number of fused-ring (bicyclic) bond motifs is 5. The van der Waals surface area contributed by atoms with Crippen LogP contribution in [-0.2, 0) is 76.2 Å². The van der Waals surface area contributed by atoms with Crippen molar-refractivity contribution in [2.24, 2.45) is 17.3 Å². The first-order chi connectivity index (χ1) is 26.5. The van der Waals surface area contributed by atoms with Gasteiger partial charge in [-0.1, -0.05) is 13.8 Å². The van der Waals surface area contributed by atoms with Gasteiger partial charge in [-0.25, -0.2) is 4.79 Å². The van der Waals surface area contributed by atoms with Gasteiger partial charge in [0, 0.05) is 53.7 Å². The van der Waals surface area contributed by atoms with Crippen LogP contribution in [0.15, 0.2) is 18.3 Å². The third-order valence-corrected chi connectivity index (χ3v) is 11.4. The first kappa shape index (κ1) is 43.0. The maximum absolute atomic E-state index is 14.3. The van der Waals surface area contributed by atoms with Gasteiger partial charge in [0.25, 0.3) is 0 Å². The van der Waals surface area contributed by atoms with Crippen LogP contribution >= 0.6 is 0 Å². The molecule has 1 spiro atoms. The first-order valence-electron chi connectivity index (χ1n) is 18.2. The maximum Gasteiger partial charge on any atom is 0.340 e. The van der Waals surface area contributed by atoms with Gasteiger partial charge in [-0.2, -0.15) is 0 Å². The standard InChI is InChI=1S/C38H47NO18/c1-16-17(2)33(46)56-30-28(52-20(5)42)32(55-23(8)45)37(15-49-18(3)40)31(54-22(7)44)27(51-19(4)41)25-29(53-21(6)43)38(37,36(30,10)48)57-35(25,9)14-50-34(47)24-12-11-13-39-26(16)24/h11-13,16-17,25,27-32,48H,14-15H2,1-10H3/t16-,17-,25+,27-,28+,29-,30-,31+,32-,35+,36+,37+,38+/m0/s1. The molecular weight excluding hydrogens is 758 g/mol. The van der Waals surface area contributed by atoms with E-state index in [1.54, 1.807) is 6.92 Å². The van der Waals surface area contributed by atoms with Crippen molar-refractivity contribution in [3.05, 3.63) is 29.6 Å². The molecular formula is C38H47NO18. The minimum Gasteiger partial charge on any atom is -0.465 e. The van der Waals surface area contributed by atoms with E-state index in [1.807, 2.05) is 0 Å². The average Bonchev–Trinajstić information content (AvgIpc) is 3.32. The summed E-state index contributed by atoms with van der Waals surface area (Å²) in [5, 5.41) is 13.4. The summed E-state index contributed by atoms with van der Waals surface area (Å²) in [5.41, 5.74) is -10.1. The largest absolute Gasteiger partial charge is 0.465 e. The van der Waals surface area contributed by atoms with Crippen LogP contribution < -0.4 is 0 Å². The Bertz CT molecular complexity index is 1860. The van der Waals surface area contributed by atoms with Crippen LogP contribution in [0.4, 0.5) is 0 Å². The van der Waals surface area contributed by atoms with Gasteiger partial charge in [-0.15, -0.1) is 0 Å². The second kappa shape index (κ2) is 15.3. The van der Waals surface area contributed by atoms with Gasteiger partial charge in [0.1, 0.15) is 42.0 Å². The molecule has 2 aliphatic carbocycles. The van der Waals surface area contributed by atoms with Gasteiger partial charge in [0.05, 0.1) is 23.1 Å². The summed E-state index contributed by atoms with van der Waals surface area (Å²) in [6.45, 7) is 9.67. The van der Waals surface area contributed by atoms with E-state index in [0.29, 0.717) is 0 Å². The second-order valence-electron chi connectivity index (χ2n) is 15.3. The van der Waals surface area contributed by atoms with E-state index in [0.717, 1.165) is 48.5 Å². The number of carbonyl (C=O) groups excluding carboxylic acids is 8. The van der Waals surface area contributed by atoms with Gasteiger partial charge in [0.2, 0.25) is 0 Å². The Kier molecular flexibility index (Phi) is 11.5. The number of cyclic esters (lactones) is 1. The Morgan fingerprint density at radius 2 is 1.30 bits per heavy atom. The minimum atomic E-state index is -2.82. The number of aromatic nitrogens is 1. The molecule has 0 radical (unpaired) electrons. The van der Waals surface area contributed by atoms with Crippen LogP contribution in [0.5, 0.6) is 0 Å². The molecule has 3 fully saturated rings. The smallest absolute Gasteiger partial charge is 0.340 e. The summed E-state index contributed by atoms with van der Waals surface area (Å²) >= 11 is 0. The SMILES string of the molecule is CC(=O)OC[C@]12[C@H](OC(C)=O)[C@@H](OC(C)=O)[C@@H]3[C@H](OC(C)=O)[C@]14O[C@]3(C)COC(=O)c1cccnc1[C@@H](C)[C@H](C)C(=O)O[C@@H]([C@@H](OC(C)=O)[C@@H]2OC(C)=O)[C@@]4(C)O. The summed E-state index contributed by atoms with van der Waals surface area (Å²) in [5.74, 6) is -11.6. The predicted octanol–water partition coefficient (Wildman–Crippen LogP) is 1.03. The normalized spacial score (nSPS) is 38.2. The number of hydrogen-bond acceptors (Lipinski definition) is 19. The summed E-state index contributed by atoms with van der Waals surface area (Å²) < 4.78 is 54.3. The van der Waals surface area contributed by atoms with Crippen molar-refractivity contribution in [2.75, 3.05) is 13.2 Å². The number of hydrogen-bond donors (Lipinski definition) is 1. The number of aliphatic hydroxyl groups is 1. The molecule has 19 nitrogen and oxygen atoms in total. The Labute approximate surface area is 327 Å². The molecule has 19 heteroatoms. The Morgan fingerprint density at radius 1 is 0.772 bits per heavy atom. The van der Waals surface area contributed by atoms with E-state index in [-0.39, 0.29) is 11.3 Å². The number of ether oxygens (including phenoxy) is 9. The van der Waals surface area contributed by atoms with E-state index in [1.165, 1.54) is 32.2 Å². The van der Waals surface area contributed by atoms with Crippen molar-refractivity contribution in [1.82, 2.24) is 4.98 Å². The predicted molar refractivity (Wildman–Crippen MR) is 185 cm³/mol. The maximum atomic E-state index is 14.3. The molecule has 13 atom stereocenters. The zero-order valence-electron chi connectivity index (χ0n) is 33.2. The lowest BCUT2D eigenvalue weighted by Crippen LogP contribution is -2.89. The fourth-order valence-corrected chi connectivity index (χ4v) is 9.25. The summed E-state index contributed by atoms with van der Waals surface area (Å²) in [7, 11) is 0. The molecule has 2 saturated carbocycles. The van der Waals surface area contributed by atoms with Gasteiger partial charge >= 0.3 is 47.8 Å². The van der Waals surface area contributed by atoms with Crippen LogP contribution in [0.25, 0.3) is 0 Å². The molecule has 3 heterocycles. The van der Waals surface area contributed by atoms with E-state index in [4.69, 9.17) is 42.6 Å². The number of esters is 8. The third kappa shape index (κ3) is 6.97. The number of pyridine rings is 1. The third-order valence-electron chi connectivity index (χ3n) is 11.4. The minimum absolute atomic E-state index is 0.0422. The molecule has 1 aromatic rings. The van der Waals surface area contributed by atoms with Gasteiger partial charge in [0.15, 0.2) is 30.0 Å². The molecule has 1 aromatic heterocycles. The quantitative estimate of drug-likeness (QED) is 0.298. The molecule has 4 bridgehead atoms.